The Labute approximate surface area is 89.7 Å². The van der Waals surface area contributed by atoms with Gasteiger partial charge in [0.2, 0.25) is 0 Å². The number of nitrogens with one attached hydrogen (secondary N) is 2. The Hall–Kier alpha value is -1.29. The van der Waals surface area contributed by atoms with Gasteiger partial charge < -0.3 is 15.2 Å². The first kappa shape index (κ1) is 10.2. The number of hydrogen-bond acceptors (Lipinski definition) is 2. The normalized spacial score (nSPS) is 21.7. The summed E-state index contributed by atoms with van der Waals surface area (Å²) in [5, 5.41) is 3.28. The topological polar surface area (TPSA) is 48.1 Å². The molecule has 0 saturated carbocycles. The lowest BCUT2D eigenvalue weighted by molar-refractivity contribution is 0.0655. The number of carbonyl (C=O) groups is 1. The van der Waals surface area contributed by atoms with Crippen LogP contribution in [0.25, 0.3) is 0 Å². The summed E-state index contributed by atoms with van der Waals surface area (Å²) in [6.07, 6.45) is 3.65. The van der Waals surface area contributed by atoms with E-state index in [1.165, 1.54) is 0 Å². The van der Waals surface area contributed by atoms with Crippen LogP contribution in [0.15, 0.2) is 12.4 Å². The Morgan fingerprint density at radius 1 is 1.53 bits per heavy atom. The zero-order chi connectivity index (χ0) is 10.8. The van der Waals surface area contributed by atoms with E-state index in [0.29, 0.717) is 0 Å². The monoisotopic (exact) mass is 207 g/mol. The number of hydrogen-bond donors (Lipinski definition) is 2. The molecule has 2 rings (SSSR count). The molecule has 0 aromatic carbocycles. The molecule has 0 bridgehead atoms. The number of aryl methyl sites for hydroxylation is 1. The van der Waals surface area contributed by atoms with Gasteiger partial charge in [-0.1, -0.05) is 0 Å². The molecule has 0 radical (unpaired) electrons. The number of aromatic nitrogens is 1. The van der Waals surface area contributed by atoms with Crippen molar-refractivity contribution in [1.82, 2.24) is 15.2 Å². The van der Waals surface area contributed by atoms with Gasteiger partial charge >= 0.3 is 0 Å². The predicted molar refractivity (Wildman–Crippen MR) is 58.9 cm³/mol. The maximum absolute atomic E-state index is 12.2. The Morgan fingerprint density at radius 3 is 2.93 bits per heavy atom. The molecule has 4 heteroatoms. The van der Waals surface area contributed by atoms with E-state index in [2.05, 4.69) is 17.2 Å². The number of carbonyl (C=O) groups excluding carboxylic acids is 1. The van der Waals surface area contributed by atoms with Gasteiger partial charge in [0.15, 0.2) is 0 Å². The number of nitrogens with zero attached hydrogens (tertiary/aromatic N) is 1. The van der Waals surface area contributed by atoms with Crippen molar-refractivity contribution >= 4 is 5.91 Å². The third-order valence-electron chi connectivity index (χ3n) is 2.94. The highest BCUT2D eigenvalue weighted by molar-refractivity contribution is 5.95. The number of rotatable bonds is 1. The van der Waals surface area contributed by atoms with Crippen LogP contribution in [0.3, 0.4) is 0 Å². The van der Waals surface area contributed by atoms with Gasteiger partial charge in [-0.25, -0.2) is 0 Å². The lowest BCUT2D eigenvalue weighted by atomic mass is 10.1. The summed E-state index contributed by atoms with van der Waals surface area (Å²) in [7, 11) is 0. The van der Waals surface area contributed by atoms with Crippen molar-refractivity contribution in [2.45, 2.75) is 19.9 Å². The number of amides is 1. The number of aromatic amines is 1. The molecule has 1 amide bonds. The first-order valence-corrected chi connectivity index (χ1v) is 5.35. The highest BCUT2D eigenvalue weighted by atomic mass is 16.2. The van der Waals surface area contributed by atoms with Crippen LogP contribution in [-0.2, 0) is 0 Å². The molecule has 82 valence electrons. The number of H-pyrrole nitrogens is 1. The molecule has 1 fully saturated rings. The lowest BCUT2D eigenvalue weighted by Crippen LogP contribution is -2.52. The Morgan fingerprint density at radius 2 is 2.33 bits per heavy atom. The average molecular weight is 207 g/mol. The smallest absolute Gasteiger partial charge is 0.255 e. The van der Waals surface area contributed by atoms with Crippen LogP contribution in [0.5, 0.6) is 0 Å². The second-order valence-corrected chi connectivity index (χ2v) is 4.10. The molecule has 4 nitrogen and oxygen atoms in total. The van der Waals surface area contributed by atoms with Gasteiger partial charge in [0.05, 0.1) is 5.56 Å². The summed E-state index contributed by atoms with van der Waals surface area (Å²) < 4.78 is 0. The van der Waals surface area contributed by atoms with E-state index < -0.39 is 0 Å². The SMILES string of the molecule is Cc1c[nH]cc1C(=O)N1CCNC[C@H]1C. The Balaban J connectivity index is 2.17. The fourth-order valence-electron chi connectivity index (χ4n) is 1.97. The van der Waals surface area contributed by atoms with E-state index >= 15 is 0 Å². The minimum atomic E-state index is 0.141. The van der Waals surface area contributed by atoms with Gasteiger partial charge in [-0.3, -0.25) is 4.79 Å². The first-order chi connectivity index (χ1) is 7.20. The minimum Gasteiger partial charge on any atom is -0.367 e. The maximum Gasteiger partial charge on any atom is 0.255 e. The Bertz CT molecular complexity index is 358. The van der Waals surface area contributed by atoms with Crippen molar-refractivity contribution in [2.24, 2.45) is 0 Å². The molecule has 0 aliphatic carbocycles. The Kier molecular flexibility index (Phi) is 2.77. The molecule has 15 heavy (non-hydrogen) atoms. The summed E-state index contributed by atoms with van der Waals surface area (Å²) >= 11 is 0. The summed E-state index contributed by atoms with van der Waals surface area (Å²) in [5.74, 6) is 0.141. The molecular formula is C11H17N3O. The van der Waals surface area contributed by atoms with Crippen LogP contribution in [-0.4, -0.2) is 41.5 Å². The summed E-state index contributed by atoms with van der Waals surface area (Å²) in [5.41, 5.74) is 1.81. The number of piperazine rings is 1. The first-order valence-electron chi connectivity index (χ1n) is 5.35. The van der Waals surface area contributed by atoms with E-state index in [-0.39, 0.29) is 11.9 Å². The van der Waals surface area contributed by atoms with Crippen molar-refractivity contribution in [3.8, 4) is 0 Å². The molecular weight excluding hydrogens is 190 g/mol. The summed E-state index contributed by atoms with van der Waals surface area (Å²) in [4.78, 5) is 17.1. The van der Waals surface area contributed by atoms with Crippen LogP contribution in [0, 0.1) is 6.92 Å². The molecule has 1 aliphatic heterocycles. The minimum absolute atomic E-state index is 0.141. The molecule has 1 aromatic rings. The van der Waals surface area contributed by atoms with Crippen molar-refractivity contribution in [3.05, 3.63) is 23.5 Å². The molecule has 2 N–H and O–H groups in total. The quantitative estimate of drug-likeness (QED) is 0.714. The van der Waals surface area contributed by atoms with Crippen molar-refractivity contribution in [3.63, 3.8) is 0 Å². The average Bonchev–Trinajstić information content (AvgIpc) is 2.64. The van der Waals surface area contributed by atoms with Crippen LogP contribution < -0.4 is 5.32 Å². The summed E-state index contributed by atoms with van der Waals surface area (Å²) in [6.45, 7) is 6.60. The van der Waals surface area contributed by atoms with Gasteiger partial charge in [-0.2, -0.15) is 0 Å². The van der Waals surface area contributed by atoms with Gasteiger partial charge in [-0.05, 0) is 19.4 Å². The molecule has 0 spiro atoms. The molecule has 2 heterocycles. The second kappa shape index (κ2) is 4.06. The molecule has 1 aromatic heterocycles. The van der Waals surface area contributed by atoms with Gasteiger partial charge in [0, 0.05) is 38.1 Å². The van der Waals surface area contributed by atoms with Gasteiger partial charge in [-0.15, -0.1) is 0 Å². The maximum atomic E-state index is 12.2. The zero-order valence-corrected chi connectivity index (χ0v) is 9.21. The highest BCUT2D eigenvalue weighted by Crippen LogP contribution is 2.13. The second-order valence-electron chi connectivity index (χ2n) is 4.10. The lowest BCUT2D eigenvalue weighted by Gasteiger charge is -2.34. The van der Waals surface area contributed by atoms with E-state index in [4.69, 9.17) is 0 Å². The third-order valence-corrected chi connectivity index (χ3v) is 2.94. The molecule has 1 aliphatic rings. The molecule has 1 atom stereocenters. The van der Waals surface area contributed by atoms with E-state index in [9.17, 15) is 4.79 Å². The van der Waals surface area contributed by atoms with Gasteiger partial charge in [0.1, 0.15) is 0 Å². The zero-order valence-electron chi connectivity index (χ0n) is 9.21. The van der Waals surface area contributed by atoms with E-state index in [1.54, 1.807) is 6.20 Å². The molecule has 0 unspecified atom stereocenters. The summed E-state index contributed by atoms with van der Waals surface area (Å²) in [6, 6.07) is 0.278. The van der Waals surface area contributed by atoms with Crippen molar-refractivity contribution in [1.29, 1.82) is 0 Å². The van der Waals surface area contributed by atoms with Crippen molar-refractivity contribution < 1.29 is 4.79 Å². The standard InChI is InChI=1S/C11H17N3O/c1-8-5-13-7-10(8)11(15)14-4-3-12-6-9(14)2/h5,7,9,12-13H,3-4,6H2,1-2H3/t9-/m1/s1. The van der Waals surface area contributed by atoms with Crippen LogP contribution >= 0.6 is 0 Å². The predicted octanol–water partition coefficient (Wildman–Crippen LogP) is 0.757. The van der Waals surface area contributed by atoms with Crippen LogP contribution in [0.1, 0.15) is 22.8 Å². The van der Waals surface area contributed by atoms with Crippen LogP contribution in [0.2, 0.25) is 0 Å². The largest absolute Gasteiger partial charge is 0.367 e. The fourth-order valence-corrected chi connectivity index (χ4v) is 1.97. The van der Waals surface area contributed by atoms with Crippen LogP contribution in [0.4, 0.5) is 0 Å². The van der Waals surface area contributed by atoms with E-state index in [1.807, 2.05) is 18.0 Å². The van der Waals surface area contributed by atoms with E-state index in [0.717, 1.165) is 30.8 Å². The third kappa shape index (κ3) is 1.90. The fraction of sp³-hybridized carbons (Fsp3) is 0.545. The molecule has 1 saturated heterocycles. The van der Waals surface area contributed by atoms with Gasteiger partial charge in [0.25, 0.3) is 5.91 Å². The highest BCUT2D eigenvalue weighted by Gasteiger charge is 2.25. The van der Waals surface area contributed by atoms with Crippen molar-refractivity contribution in [2.75, 3.05) is 19.6 Å².